The van der Waals surface area contributed by atoms with Gasteiger partial charge in [0, 0.05) is 25.0 Å². The van der Waals surface area contributed by atoms with Gasteiger partial charge in [0.2, 0.25) is 5.91 Å². The third-order valence-electron chi connectivity index (χ3n) is 6.65. The van der Waals surface area contributed by atoms with Crippen molar-refractivity contribution in [3.05, 3.63) is 0 Å². The molecule has 1 saturated heterocycles. The smallest absolute Gasteiger partial charge is 0.226 e. The quantitative estimate of drug-likeness (QED) is 0.839. The van der Waals surface area contributed by atoms with Gasteiger partial charge in [-0.2, -0.15) is 0 Å². The Bertz CT molecular complexity index is 366. The van der Waals surface area contributed by atoms with Gasteiger partial charge in [-0.05, 0) is 75.7 Å². The normalized spacial score (nSPS) is 46.8. The molecule has 4 bridgehead atoms. The van der Waals surface area contributed by atoms with Crippen molar-refractivity contribution in [1.29, 1.82) is 0 Å². The minimum Gasteiger partial charge on any atom is -0.341 e. The second-order valence-corrected chi connectivity index (χ2v) is 7.87. The highest BCUT2D eigenvalue weighted by Crippen LogP contribution is 2.56. The van der Waals surface area contributed by atoms with Crippen molar-refractivity contribution in [3.63, 3.8) is 0 Å². The highest BCUT2D eigenvalue weighted by molar-refractivity contribution is 5.80. The van der Waals surface area contributed by atoms with Crippen molar-refractivity contribution >= 4 is 5.91 Å². The van der Waals surface area contributed by atoms with E-state index in [2.05, 4.69) is 10.2 Å². The van der Waals surface area contributed by atoms with Gasteiger partial charge in [-0.3, -0.25) is 4.79 Å². The van der Waals surface area contributed by atoms with E-state index in [9.17, 15) is 4.79 Å². The Hall–Kier alpha value is -0.570. The summed E-state index contributed by atoms with van der Waals surface area (Å²) in [5.74, 6) is 4.29. The molecular formula is C17H28N2O. The largest absolute Gasteiger partial charge is 0.341 e. The molecule has 0 spiro atoms. The first-order valence-corrected chi connectivity index (χ1v) is 8.70. The lowest BCUT2D eigenvalue weighted by molar-refractivity contribution is -0.150. The molecule has 0 aromatic heterocycles. The molecule has 4 saturated carbocycles. The average molecular weight is 276 g/mol. The van der Waals surface area contributed by atoms with Gasteiger partial charge < -0.3 is 10.2 Å². The van der Waals surface area contributed by atoms with Crippen LogP contribution in [0.3, 0.4) is 0 Å². The number of likely N-dealkylation sites (N-methyl/N-ethyl adjacent to an activating group) is 1. The van der Waals surface area contributed by atoms with E-state index in [1.165, 1.54) is 44.9 Å². The van der Waals surface area contributed by atoms with Crippen molar-refractivity contribution in [3.8, 4) is 0 Å². The Morgan fingerprint density at radius 3 is 2.30 bits per heavy atom. The molecule has 1 aliphatic heterocycles. The van der Waals surface area contributed by atoms with E-state index in [1.807, 2.05) is 7.05 Å². The lowest BCUT2D eigenvalue weighted by atomic mass is 9.51. The van der Waals surface area contributed by atoms with E-state index >= 15 is 0 Å². The predicted molar refractivity (Wildman–Crippen MR) is 79.2 cm³/mol. The fourth-order valence-corrected chi connectivity index (χ4v) is 5.95. The zero-order chi connectivity index (χ0) is 13.7. The summed E-state index contributed by atoms with van der Waals surface area (Å²) in [7, 11) is 2.03. The Morgan fingerprint density at radius 2 is 1.70 bits per heavy atom. The van der Waals surface area contributed by atoms with Gasteiger partial charge in [0.25, 0.3) is 0 Å². The lowest BCUT2D eigenvalue weighted by Crippen LogP contribution is -2.55. The van der Waals surface area contributed by atoms with Crippen molar-refractivity contribution in [2.75, 3.05) is 20.1 Å². The first-order chi connectivity index (χ1) is 9.74. The molecule has 1 unspecified atom stereocenters. The Kier molecular flexibility index (Phi) is 3.29. The van der Waals surface area contributed by atoms with Crippen LogP contribution in [0, 0.1) is 29.6 Å². The zero-order valence-corrected chi connectivity index (χ0v) is 12.7. The summed E-state index contributed by atoms with van der Waals surface area (Å²) in [6.45, 7) is 1.94. The number of rotatable bonds is 2. The van der Waals surface area contributed by atoms with Crippen LogP contribution in [-0.2, 0) is 4.79 Å². The number of piperidine rings is 1. The number of carbonyl (C=O) groups is 1. The summed E-state index contributed by atoms with van der Waals surface area (Å²) in [5, 5.41) is 3.36. The van der Waals surface area contributed by atoms with Crippen LogP contribution in [0.5, 0.6) is 0 Å². The number of nitrogens with one attached hydrogen (secondary N) is 1. The second kappa shape index (κ2) is 5.01. The molecule has 3 nitrogen and oxygen atoms in total. The summed E-state index contributed by atoms with van der Waals surface area (Å²) < 4.78 is 0. The van der Waals surface area contributed by atoms with E-state index in [0.717, 1.165) is 36.8 Å². The molecule has 5 rings (SSSR count). The van der Waals surface area contributed by atoms with Crippen molar-refractivity contribution in [1.82, 2.24) is 10.2 Å². The molecule has 0 aromatic carbocycles. The number of hydrogen-bond donors (Lipinski definition) is 1. The van der Waals surface area contributed by atoms with Crippen LogP contribution in [-0.4, -0.2) is 37.0 Å². The topological polar surface area (TPSA) is 32.3 Å². The van der Waals surface area contributed by atoms with Gasteiger partial charge in [0.1, 0.15) is 0 Å². The van der Waals surface area contributed by atoms with Crippen LogP contribution in [0.1, 0.15) is 44.9 Å². The molecule has 1 N–H and O–H groups in total. The van der Waals surface area contributed by atoms with Crippen molar-refractivity contribution in [2.24, 2.45) is 29.6 Å². The Labute approximate surface area is 122 Å². The standard InChI is InChI=1S/C17H28N2O/c1-18-15-3-2-4-19(10-15)17(20)16-13-6-11-5-12(8-13)9-14(16)7-11/h11-16,18H,2-10H2,1H3. The fraction of sp³-hybridized carbons (Fsp3) is 0.941. The molecule has 5 fully saturated rings. The van der Waals surface area contributed by atoms with Crippen LogP contribution in [0.2, 0.25) is 0 Å². The fourth-order valence-electron chi connectivity index (χ4n) is 5.95. The maximum absolute atomic E-state index is 13.0. The van der Waals surface area contributed by atoms with Crippen LogP contribution in [0.4, 0.5) is 0 Å². The molecule has 0 radical (unpaired) electrons. The van der Waals surface area contributed by atoms with Gasteiger partial charge in [0.05, 0.1) is 0 Å². The number of carbonyl (C=O) groups excluding carboxylic acids is 1. The molecule has 112 valence electrons. The average Bonchev–Trinajstić information content (AvgIpc) is 2.46. The van der Waals surface area contributed by atoms with E-state index < -0.39 is 0 Å². The summed E-state index contributed by atoms with van der Waals surface area (Å²) >= 11 is 0. The van der Waals surface area contributed by atoms with Gasteiger partial charge in [-0.25, -0.2) is 0 Å². The number of nitrogens with zero attached hydrogens (tertiary/aromatic N) is 1. The molecular weight excluding hydrogens is 248 g/mol. The molecule has 5 aliphatic rings. The summed E-state index contributed by atoms with van der Waals surface area (Å²) in [6.07, 6.45) is 9.28. The zero-order valence-electron chi connectivity index (χ0n) is 12.7. The first kappa shape index (κ1) is 13.1. The monoisotopic (exact) mass is 276 g/mol. The molecule has 1 atom stereocenters. The lowest BCUT2D eigenvalue weighted by Gasteiger charge is -2.54. The first-order valence-electron chi connectivity index (χ1n) is 8.70. The van der Waals surface area contributed by atoms with Crippen LogP contribution < -0.4 is 5.32 Å². The highest BCUT2D eigenvalue weighted by atomic mass is 16.2. The van der Waals surface area contributed by atoms with Gasteiger partial charge in [0.15, 0.2) is 0 Å². The van der Waals surface area contributed by atoms with Crippen LogP contribution >= 0.6 is 0 Å². The molecule has 1 heterocycles. The minimum absolute atomic E-state index is 0.387. The molecule has 4 aliphatic carbocycles. The number of likely N-dealkylation sites (tertiary alicyclic amines) is 1. The highest BCUT2D eigenvalue weighted by Gasteiger charge is 2.51. The number of hydrogen-bond acceptors (Lipinski definition) is 2. The maximum atomic E-state index is 13.0. The van der Waals surface area contributed by atoms with Crippen LogP contribution in [0.25, 0.3) is 0 Å². The third-order valence-corrected chi connectivity index (χ3v) is 6.65. The Morgan fingerprint density at radius 1 is 1.05 bits per heavy atom. The van der Waals surface area contributed by atoms with E-state index in [1.54, 1.807) is 0 Å². The molecule has 3 heteroatoms. The minimum atomic E-state index is 0.387. The summed E-state index contributed by atoms with van der Waals surface area (Å²) in [6, 6.07) is 0.518. The molecule has 1 amide bonds. The molecule has 20 heavy (non-hydrogen) atoms. The third kappa shape index (κ3) is 2.09. The predicted octanol–water partition coefficient (Wildman–Crippen LogP) is 2.27. The second-order valence-electron chi connectivity index (χ2n) is 7.87. The van der Waals surface area contributed by atoms with Crippen molar-refractivity contribution < 1.29 is 4.79 Å². The van der Waals surface area contributed by atoms with E-state index in [0.29, 0.717) is 17.9 Å². The van der Waals surface area contributed by atoms with Crippen molar-refractivity contribution in [2.45, 2.75) is 51.0 Å². The number of amides is 1. The SMILES string of the molecule is CNC1CCCN(C(=O)C2C3CC4CC(C3)CC2C4)C1. The van der Waals surface area contributed by atoms with Gasteiger partial charge in [-0.1, -0.05) is 0 Å². The van der Waals surface area contributed by atoms with Crippen LogP contribution in [0.15, 0.2) is 0 Å². The van der Waals surface area contributed by atoms with Gasteiger partial charge >= 0.3 is 0 Å². The molecule has 0 aromatic rings. The summed E-state index contributed by atoms with van der Waals surface area (Å²) in [4.78, 5) is 15.2. The Balaban J connectivity index is 1.48. The van der Waals surface area contributed by atoms with E-state index in [4.69, 9.17) is 0 Å². The van der Waals surface area contributed by atoms with Gasteiger partial charge in [-0.15, -0.1) is 0 Å². The summed E-state index contributed by atoms with van der Waals surface area (Å²) in [5.41, 5.74) is 0. The van der Waals surface area contributed by atoms with E-state index in [-0.39, 0.29) is 0 Å². The maximum Gasteiger partial charge on any atom is 0.226 e.